The van der Waals surface area contributed by atoms with Gasteiger partial charge in [0.1, 0.15) is 5.75 Å². The molecule has 0 spiro atoms. The second kappa shape index (κ2) is 8.03. The molecule has 0 heterocycles. The summed E-state index contributed by atoms with van der Waals surface area (Å²) in [6, 6.07) is 4.64. The van der Waals surface area contributed by atoms with Gasteiger partial charge in [-0.3, -0.25) is 0 Å². The number of aryl methyl sites for hydroxylation is 2. The Kier molecular flexibility index (Phi) is 6.69. The number of nitrogens with one attached hydrogen (secondary N) is 1. The van der Waals surface area contributed by atoms with E-state index >= 15 is 0 Å². The number of hydrogen-bond donors (Lipinski definition) is 1. The summed E-state index contributed by atoms with van der Waals surface area (Å²) in [5.74, 6) is 0.436. The first-order valence-electron chi connectivity index (χ1n) is 7.52. The highest BCUT2D eigenvalue weighted by Crippen LogP contribution is 2.26. The molecule has 0 fully saturated rings. The van der Waals surface area contributed by atoms with Crippen LogP contribution in [0.15, 0.2) is 12.1 Å². The molecule has 21 heavy (non-hydrogen) atoms. The average Bonchev–Trinajstić information content (AvgIpc) is 2.40. The standard InChI is InChI=1S/C17H27NO3/c1-7-20-17(19)14(6)21-16-12(4)8-15(9-13(16)5)10-18-11(2)3/h8-9,11,14,18H,7,10H2,1-6H3. The summed E-state index contributed by atoms with van der Waals surface area (Å²) in [6.07, 6.45) is -0.595. The number of ether oxygens (including phenoxy) is 2. The molecule has 0 saturated heterocycles. The molecule has 0 aliphatic carbocycles. The van der Waals surface area contributed by atoms with E-state index in [2.05, 4.69) is 31.3 Å². The predicted octanol–water partition coefficient (Wildman–Crippen LogP) is 3.13. The second-order valence-corrected chi connectivity index (χ2v) is 5.61. The Labute approximate surface area is 127 Å². The van der Waals surface area contributed by atoms with Crippen molar-refractivity contribution in [2.24, 2.45) is 0 Å². The Morgan fingerprint density at radius 2 is 1.76 bits per heavy atom. The fourth-order valence-corrected chi connectivity index (χ4v) is 2.13. The van der Waals surface area contributed by atoms with Crippen molar-refractivity contribution in [1.29, 1.82) is 0 Å². The molecule has 1 rings (SSSR count). The summed E-state index contributed by atoms with van der Waals surface area (Å²) in [5.41, 5.74) is 3.29. The molecule has 0 bridgehead atoms. The molecule has 0 amide bonds. The Bertz CT molecular complexity index is 460. The first-order valence-corrected chi connectivity index (χ1v) is 7.52. The van der Waals surface area contributed by atoms with E-state index in [1.54, 1.807) is 13.8 Å². The van der Waals surface area contributed by atoms with Gasteiger partial charge in [-0.25, -0.2) is 4.79 Å². The maximum absolute atomic E-state index is 11.7. The van der Waals surface area contributed by atoms with Crippen LogP contribution >= 0.6 is 0 Å². The lowest BCUT2D eigenvalue weighted by molar-refractivity contribution is -0.150. The molecule has 1 aromatic rings. The minimum atomic E-state index is -0.595. The van der Waals surface area contributed by atoms with Gasteiger partial charge in [0, 0.05) is 12.6 Å². The highest BCUT2D eigenvalue weighted by molar-refractivity contribution is 5.74. The molecule has 0 radical (unpaired) electrons. The lowest BCUT2D eigenvalue weighted by atomic mass is 10.1. The number of esters is 1. The third-order valence-corrected chi connectivity index (χ3v) is 3.15. The minimum Gasteiger partial charge on any atom is -0.478 e. The van der Waals surface area contributed by atoms with E-state index in [9.17, 15) is 4.79 Å². The van der Waals surface area contributed by atoms with Crippen molar-refractivity contribution in [3.63, 3.8) is 0 Å². The van der Waals surface area contributed by atoms with E-state index < -0.39 is 6.10 Å². The number of benzene rings is 1. The maximum Gasteiger partial charge on any atom is 0.347 e. The zero-order chi connectivity index (χ0) is 16.0. The predicted molar refractivity (Wildman–Crippen MR) is 84.6 cm³/mol. The Morgan fingerprint density at radius 1 is 1.19 bits per heavy atom. The number of carbonyl (C=O) groups is 1. The summed E-state index contributed by atoms with van der Waals surface area (Å²) in [5, 5.41) is 3.40. The second-order valence-electron chi connectivity index (χ2n) is 5.61. The quantitative estimate of drug-likeness (QED) is 0.785. The summed E-state index contributed by atoms with van der Waals surface area (Å²) >= 11 is 0. The molecule has 1 atom stereocenters. The van der Waals surface area contributed by atoms with Crippen molar-refractivity contribution in [3.05, 3.63) is 28.8 Å². The van der Waals surface area contributed by atoms with E-state index in [-0.39, 0.29) is 5.97 Å². The lowest BCUT2D eigenvalue weighted by Crippen LogP contribution is -2.26. The summed E-state index contributed by atoms with van der Waals surface area (Å²) < 4.78 is 10.7. The fourth-order valence-electron chi connectivity index (χ4n) is 2.13. The van der Waals surface area contributed by atoms with E-state index in [4.69, 9.17) is 9.47 Å². The van der Waals surface area contributed by atoms with E-state index in [0.29, 0.717) is 12.6 Å². The van der Waals surface area contributed by atoms with Crippen molar-refractivity contribution >= 4 is 5.97 Å². The van der Waals surface area contributed by atoms with Crippen molar-refractivity contribution in [2.45, 2.75) is 60.2 Å². The van der Waals surface area contributed by atoms with Gasteiger partial charge in [-0.05, 0) is 44.4 Å². The Balaban J connectivity index is 2.82. The number of carbonyl (C=O) groups excluding carboxylic acids is 1. The Morgan fingerprint density at radius 3 is 2.24 bits per heavy atom. The van der Waals surface area contributed by atoms with Gasteiger partial charge in [0.05, 0.1) is 6.61 Å². The van der Waals surface area contributed by atoms with Crippen molar-refractivity contribution < 1.29 is 14.3 Å². The third-order valence-electron chi connectivity index (χ3n) is 3.15. The number of hydrogen-bond acceptors (Lipinski definition) is 4. The van der Waals surface area contributed by atoms with Crippen LogP contribution in [0, 0.1) is 13.8 Å². The normalized spacial score (nSPS) is 12.3. The van der Waals surface area contributed by atoms with Crippen LogP contribution in [0.2, 0.25) is 0 Å². The molecule has 0 aliphatic rings. The SMILES string of the molecule is CCOC(=O)C(C)Oc1c(C)cc(CNC(C)C)cc1C. The Hall–Kier alpha value is -1.55. The largest absolute Gasteiger partial charge is 0.478 e. The van der Waals surface area contributed by atoms with Crippen LogP contribution in [-0.2, 0) is 16.1 Å². The van der Waals surface area contributed by atoms with Gasteiger partial charge < -0.3 is 14.8 Å². The van der Waals surface area contributed by atoms with Crippen LogP contribution < -0.4 is 10.1 Å². The smallest absolute Gasteiger partial charge is 0.347 e. The molecule has 118 valence electrons. The molecule has 4 heteroatoms. The first-order chi connectivity index (χ1) is 9.85. The zero-order valence-electron chi connectivity index (χ0n) is 13.9. The monoisotopic (exact) mass is 293 g/mol. The van der Waals surface area contributed by atoms with Gasteiger partial charge in [-0.2, -0.15) is 0 Å². The molecule has 1 aromatic carbocycles. The molecule has 1 unspecified atom stereocenters. The first kappa shape index (κ1) is 17.5. The van der Waals surface area contributed by atoms with Gasteiger partial charge in [0.25, 0.3) is 0 Å². The van der Waals surface area contributed by atoms with Gasteiger partial charge >= 0.3 is 5.97 Å². The molecular weight excluding hydrogens is 266 g/mol. The molecule has 4 nitrogen and oxygen atoms in total. The van der Waals surface area contributed by atoms with Crippen LogP contribution in [-0.4, -0.2) is 24.7 Å². The van der Waals surface area contributed by atoms with Gasteiger partial charge in [0.2, 0.25) is 0 Å². The lowest BCUT2D eigenvalue weighted by Gasteiger charge is -2.18. The van der Waals surface area contributed by atoms with Crippen LogP contribution in [0.5, 0.6) is 5.75 Å². The highest BCUT2D eigenvalue weighted by Gasteiger charge is 2.18. The fraction of sp³-hybridized carbons (Fsp3) is 0.588. The van der Waals surface area contributed by atoms with E-state index in [0.717, 1.165) is 23.4 Å². The van der Waals surface area contributed by atoms with Crippen LogP contribution in [0.3, 0.4) is 0 Å². The molecule has 0 aromatic heterocycles. The third kappa shape index (κ3) is 5.38. The van der Waals surface area contributed by atoms with Crippen molar-refractivity contribution in [1.82, 2.24) is 5.32 Å². The van der Waals surface area contributed by atoms with E-state index in [1.807, 2.05) is 13.8 Å². The summed E-state index contributed by atoms with van der Waals surface area (Å²) in [4.78, 5) is 11.7. The topological polar surface area (TPSA) is 47.6 Å². The van der Waals surface area contributed by atoms with Gasteiger partial charge in [-0.15, -0.1) is 0 Å². The number of rotatable bonds is 7. The highest BCUT2D eigenvalue weighted by atomic mass is 16.6. The van der Waals surface area contributed by atoms with Crippen molar-refractivity contribution in [2.75, 3.05) is 6.61 Å². The molecule has 0 aliphatic heterocycles. The molecule has 1 N–H and O–H groups in total. The maximum atomic E-state index is 11.7. The minimum absolute atomic E-state index is 0.332. The van der Waals surface area contributed by atoms with E-state index in [1.165, 1.54) is 5.56 Å². The van der Waals surface area contributed by atoms with Crippen LogP contribution in [0.25, 0.3) is 0 Å². The summed E-state index contributed by atoms with van der Waals surface area (Å²) in [6.45, 7) is 12.9. The molecule has 0 saturated carbocycles. The molecular formula is C17H27NO3. The van der Waals surface area contributed by atoms with Gasteiger partial charge in [-0.1, -0.05) is 26.0 Å². The van der Waals surface area contributed by atoms with Crippen LogP contribution in [0.4, 0.5) is 0 Å². The zero-order valence-corrected chi connectivity index (χ0v) is 13.9. The van der Waals surface area contributed by atoms with Crippen molar-refractivity contribution in [3.8, 4) is 5.75 Å². The summed E-state index contributed by atoms with van der Waals surface area (Å²) in [7, 11) is 0. The van der Waals surface area contributed by atoms with Crippen LogP contribution in [0.1, 0.15) is 44.4 Å². The van der Waals surface area contributed by atoms with Gasteiger partial charge in [0.15, 0.2) is 6.10 Å². The average molecular weight is 293 g/mol.